The fraction of sp³-hybridized carbons (Fsp3) is 0.444. The number of hydrogen-bond donors (Lipinski definition) is 6. The molecule has 0 heterocycles. The number of aliphatic hydroxyl groups excluding tert-OH is 2. The number of aromatic hydroxyl groups is 1. The van der Waals surface area contributed by atoms with E-state index in [0.717, 1.165) is 11.3 Å². The third kappa shape index (κ3) is 3.96. The summed E-state index contributed by atoms with van der Waals surface area (Å²) in [4.78, 5) is 0. The van der Waals surface area contributed by atoms with Gasteiger partial charge in [-0.1, -0.05) is 0 Å². The first-order valence-corrected chi connectivity index (χ1v) is 8.23. The minimum absolute atomic E-state index is 0.0125. The van der Waals surface area contributed by atoms with Gasteiger partial charge in [0.1, 0.15) is 11.4 Å². The summed E-state index contributed by atoms with van der Waals surface area (Å²) in [6, 6.07) is 2.99. The van der Waals surface area contributed by atoms with Gasteiger partial charge < -0.3 is 36.4 Å². The van der Waals surface area contributed by atoms with E-state index in [-0.39, 0.29) is 19.0 Å². The van der Waals surface area contributed by atoms with Crippen molar-refractivity contribution in [1.82, 2.24) is 5.32 Å². The third-order valence-electron chi connectivity index (χ3n) is 4.39. The van der Waals surface area contributed by atoms with E-state index < -0.39 is 11.6 Å². The molecule has 0 saturated carbocycles. The summed E-state index contributed by atoms with van der Waals surface area (Å²) in [6.07, 6.45) is 5.55. The smallest absolute Gasteiger partial charge is 0.130 e. The van der Waals surface area contributed by atoms with Gasteiger partial charge in [-0.2, -0.15) is 0 Å². The second kappa shape index (κ2) is 8.35. The summed E-state index contributed by atoms with van der Waals surface area (Å²) in [7, 11) is 1.58. The fourth-order valence-corrected chi connectivity index (χ4v) is 3.01. The molecule has 7 nitrogen and oxygen atoms in total. The molecular formula is C18H27N3O4. The predicted octanol–water partition coefficient (Wildman–Crippen LogP) is 0.309. The van der Waals surface area contributed by atoms with Crippen LogP contribution in [0.25, 0.3) is 0 Å². The lowest BCUT2D eigenvalue weighted by atomic mass is 9.80. The third-order valence-corrected chi connectivity index (χ3v) is 4.39. The number of allylic oxidation sites excluding steroid dienone is 1. The van der Waals surface area contributed by atoms with Gasteiger partial charge in [-0.05, 0) is 42.3 Å². The van der Waals surface area contributed by atoms with Gasteiger partial charge >= 0.3 is 0 Å². The van der Waals surface area contributed by atoms with Crippen molar-refractivity contribution >= 4 is 5.69 Å². The van der Waals surface area contributed by atoms with Crippen molar-refractivity contribution < 1.29 is 20.1 Å². The number of hydrogen-bond acceptors (Lipinski definition) is 7. The van der Waals surface area contributed by atoms with E-state index in [2.05, 4.69) is 10.6 Å². The van der Waals surface area contributed by atoms with Gasteiger partial charge in [-0.15, -0.1) is 0 Å². The lowest BCUT2D eigenvalue weighted by Crippen LogP contribution is -2.47. The first-order valence-electron chi connectivity index (χ1n) is 8.23. The van der Waals surface area contributed by atoms with Crippen molar-refractivity contribution in [1.29, 1.82) is 0 Å². The van der Waals surface area contributed by atoms with Gasteiger partial charge in [0.15, 0.2) is 0 Å². The molecule has 138 valence electrons. The molecule has 0 spiro atoms. The maximum absolute atomic E-state index is 10.3. The maximum Gasteiger partial charge on any atom is 0.130 e. The summed E-state index contributed by atoms with van der Waals surface area (Å²) in [5.41, 5.74) is 8.38. The summed E-state index contributed by atoms with van der Waals surface area (Å²) in [5.74, 6) is 0.128. The van der Waals surface area contributed by atoms with Crippen LogP contribution in [0.4, 0.5) is 5.69 Å². The maximum atomic E-state index is 10.3. The monoisotopic (exact) mass is 349 g/mol. The van der Waals surface area contributed by atoms with Crippen LogP contribution in [0.2, 0.25) is 0 Å². The number of methoxy groups -OCH3 is 1. The van der Waals surface area contributed by atoms with Crippen LogP contribution in [0.5, 0.6) is 5.75 Å². The van der Waals surface area contributed by atoms with E-state index in [1.165, 1.54) is 0 Å². The average molecular weight is 349 g/mol. The molecule has 0 bridgehead atoms. The lowest BCUT2D eigenvalue weighted by Gasteiger charge is -2.38. The van der Waals surface area contributed by atoms with Gasteiger partial charge in [0, 0.05) is 37.7 Å². The molecule has 2 rings (SSSR count). The molecule has 1 aromatic rings. The van der Waals surface area contributed by atoms with Crippen LogP contribution in [-0.2, 0) is 10.3 Å². The summed E-state index contributed by atoms with van der Waals surface area (Å²) in [6.45, 7) is 2.64. The zero-order valence-electron chi connectivity index (χ0n) is 14.6. The molecule has 0 aromatic heterocycles. The van der Waals surface area contributed by atoms with Crippen LogP contribution in [-0.4, -0.2) is 54.8 Å². The predicted molar refractivity (Wildman–Crippen MR) is 97.4 cm³/mol. The normalized spacial score (nSPS) is 22.6. The van der Waals surface area contributed by atoms with Crippen molar-refractivity contribution in [3.8, 4) is 5.75 Å². The Balaban J connectivity index is 2.42. The molecule has 2 unspecified atom stereocenters. The van der Waals surface area contributed by atoms with Crippen molar-refractivity contribution in [2.45, 2.75) is 18.6 Å². The largest absolute Gasteiger partial charge is 0.508 e. The highest BCUT2D eigenvalue weighted by Gasteiger charge is 2.39. The second-order valence-corrected chi connectivity index (χ2v) is 5.95. The first kappa shape index (κ1) is 19.3. The van der Waals surface area contributed by atoms with Gasteiger partial charge in [0.25, 0.3) is 0 Å². The standard InChI is InChI=1S/C18H27N3O4/c1-12-15(9-14(10-16(12)24)21-6-8-23)18(25-2)4-3-13(11-17(18)19)20-5-7-22/h3-4,9-11,17,20-24H,5-8,19H2,1-2H3. The number of phenolic OH excluding ortho intramolecular Hbond substituents is 1. The first-order chi connectivity index (χ1) is 12.0. The zero-order chi connectivity index (χ0) is 18.4. The Morgan fingerprint density at radius 2 is 1.88 bits per heavy atom. The van der Waals surface area contributed by atoms with Crippen molar-refractivity contribution in [2.24, 2.45) is 5.73 Å². The lowest BCUT2D eigenvalue weighted by molar-refractivity contribution is 0.0161. The van der Waals surface area contributed by atoms with Crippen LogP contribution in [0.15, 0.2) is 36.1 Å². The Kier molecular flexibility index (Phi) is 6.44. The molecule has 25 heavy (non-hydrogen) atoms. The van der Waals surface area contributed by atoms with E-state index in [1.807, 2.05) is 31.2 Å². The number of phenols is 1. The number of nitrogens with two attached hydrogens (primary N) is 1. The Hall–Kier alpha value is -2.06. The highest BCUT2D eigenvalue weighted by atomic mass is 16.5. The van der Waals surface area contributed by atoms with E-state index in [0.29, 0.717) is 24.3 Å². The molecule has 2 atom stereocenters. The minimum atomic E-state index is -0.928. The summed E-state index contributed by atoms with van der Waals surface area (Å²) in [5, 5.41) is 34.4. The van der Waals surface area contributed by atoms with Crippen molar-refractivity contribution in [2.75, 3.05) is 38.7 Å². The molecule has 1 aliphatic rings. The molecule has 0 aliphatic heterocycles. The molecule has 1 aromatic carbocycles. The SMILES string of the molecule is COC1(c2cc(NCCO)cc(O)c2C)C=CC(NCCO)=CC1N. The van der Waals surface area contributed by atoms with E-state index >= 15 is 0 Å². The van der Waals surface area contributed by atoms with E-state index in [9.17, 15) is 5.11 Å². The van der Waals surface area contributed by atoms with Crippen LogP contribution in [0.1, 0.15) is 11.1 Å². The summed E-state index contributed by atoms with van der Waals surface area (Å²) >= 11 is 0. The van der Waals surface area contributed by atoms with Gasteiger partial charge in [0.2, 0.25) is 0 Å². The average Bonchev–Trinajstić information content (AvgIpc) is 2.61. The Morgan fingerprint density at radius 3 is 2.48 bits per heavy atom. The summed E-state index contributed by atoms with van der Waals surface area (Å²) < 4.78 is 5.80. The second-order valence-electron chi connectivity index (χ2n) is 5.95. The Labute approximate surface area is 147 Å². The van der Waals surface area contributed by atoms with Gasteiger partial charge in [-0.25, -0.2) is 0 Å². The number of anilines is 1. The quantitative estimate of drug-likeness (QED) is 0.400. The molecule has 1 aliphatic carbocycles. The molecule has 0 saturated heterocycles. The molecular weight excluding hydrogens is 322 g/mol. The highest BCUT2D eigenvalue weighted by Crippen LogP contribution is 2.40. The Bertz CT molecular complexity index is 660. The number of rotatable bonds is 8. The zero-order valence-corrected chi connectivity index (χ0v) is 14.6. The molecule has 0 amide bonds. The van der Waals surface area contributed by atoms with Gasteiger partial charge in [-0.3, -0.25) is 0 Å². The van der Waals surface area contributed by atoms with Crippen LogP contribution < -0.4 is 16.4 Å². The van der Waals surface area contributed by atoms with E-state index in [4.69, 9.17) is 20.7 Å². The number of aliphatic hydroxyl groups is 2. The molecule has 0 fully saturated rings. The number of ether oxygens (including phenoxy) is 1. The van der Waals surface area contributed by atoms with Crippen molar-refractivity contribution in [3.63, 3.8) is 0 Å². The number of nitrogens with one attached hydrogen (secondary N) is 2. The van der Waals surface area contributed by atoms with Crippen molar-refractivity contribution in [3.05, 3.63) is 47.2 Å². The topological polar surface area (TPSA) is 120 Å². The fourth-order valence-electron chi connectivity index (χ4n) is 3.01. The molecule has 7 heteroatoms. The van der Waals surface area contributed by atoms with Crippen LogP contribution in [0, 0.1) is 6.92 Å². The van der Waals surface area contributed by atoms with Crippen LogP contribution >= 0.6 is 0 Å². The Morgan fingerprint density at radius 1 is 1.20 bits per heavy atom. The van der Waals surface area contributed by atoms with Gasteiger partial charge in [0.05, 0.1) is 19.3 Å². The number of benzene rings is 1. The molecule has 7 N–H and O–H groups in total. The van der Waals surface area contributed by atoms with E-state index in [1.54, 1.807) is 13.2 Å². The molecule has 0 radical (unpaired) electrons. The highest BCUT2D eigenvalue weighted by molar-refractivity contribution is 5.58. The minimum Gasteiger partial charge on any atom is -0.508 e. The van der Waals surface area contributed by atoms with Crippen LogP contribution in [0.3, 0.4) is 0 Å².